The van der Waals surface area contributed by atoms with Crippen LogP contribution in [0.15, 0.2) is 0 Å². The first-order valence-electron chi connectivity index (χ1n) is 26.3. The number of ether oxygens (including phenoxy) is 3. The zero-order chi connectivity index (χ0) is 43.3. The maximum absolute atomic E-state index is 12.7. The summed E-state index contributed by atoms with van der Waals surface area (Å²) in [5.41, 5.74) is 0. The van der Waals surface area contributed by atoms with E-state index >= 15 is 0 Å². The van der Waals surface area contributed by atoms with Crippen molar-refractivity contribution in [2.75, 3.05) is 13.2 Å². The van der Waals surface area contributed by atoms with Crippen molar-refractivity contribution in [1.82, 2.24) is 0 Å². The third-order valence-corrected chi connectivity index (χ3v) is 12.3. The van der Waals surface area contributed by atoms with E-state index in [0.717, 1.165) is 69.6 Å². The molecule has 0 aromatic carbocycles. The predicted molar refractivity (Wildman–Crippen MR) is 252 cm³/mol. The minimum atomic E-state index is -0.762. The average molecular weight is 835 g/mol. The summed E-state index contributed by atoms with van der Waals surface area (Å²) in [7, 11) is 0. The minimum absolute atomic E-state index is 0.0648. The van der Waals surface area contributed by atoms with E-state index in [1.807, 2.05) is 0 Å². The molecule has 0 aliphatic rings. The van der Waals surface area contributed by atoms with Crippen LogP contribution in [0.4, 0.5) is 0 Å². The normalized spacial score (nSPS) is 12.5. The second kappa shape index (κ2) is 45.9. The first-order chi connectivity index (χ1) is 28.8. The molecule has 0 aliphatic heterocycles. The molecule has 0 amide bonds. The summed E-state index contributed by atoms with van der Waals surface area (Å²) in [5, 5.41) is 0. The van der Waals surface area contributed by atoms with E-state index in [1.54, 1.807) is 0 Å². The third kappa shape index (κ3) is 45.8. The molecular formula is C53H102O6. The number of rotatable bonds is 47. The SMILES string of the molecule is CCCCCCCCCCCCCCCCCCCCCC(=O)OC[C@@H](COC(=O)CCCCCCCCCCC(C)CC)OC(=O)CCCCCCCCCC(C)C. The predicted octanol–water partition coefficient (Wildman–Crippen LogP) is 16.9. The van der Waals surface area contributed by atoms with Gasteiger partial charge in [0.2, 0.25) is 0 Å². The lowest BCUT2D eigenvalue weighted by molar-refractivity contribution is -0.167. The Morgan fingerprint density at radius 1 is 0.356 bits per heavy atom. The molecule has 0 N–H and O–H groups in total. The molecule has 350 valence electrons. The van der Waals surface area contributed by atoms with Gasteiger partial charge in [-0.25, -0.2) is 0 Å². The van der Waals surface area contributed by atoms with Crippen molar-refractivity contribution in [2.45, 2.75) is 298 Å². The maximum Gasteiger partial charge on any atom is 0.306 e. The van der Waals surface area contributed by atoms with Gasteiger partial charge in [-0.1, -0.05) is 253 Å². The van der Waals surface area contributed by atoms with Gasteiger partial charge in [0, 0.05) is 19.3 Å². The molecule has 2 atom stereocenters. The van der Waals surface area contributed by atoms with Crippen molar-refractivity contribution < 1.29 is 28.6 Å². The molecule has 0 aromatic heterocycles. The minimum Gasteiger partial charge on any atom is -0.462 e. The Morgan fingerprint density at radius 2 is 0.644 bits per heavy atom. The smallest absolute Gasteiger partial charge is 0.306 e. The zero-order valence-electron chi connectivity index (χ0n) is 40.4. The average Bonchev–Trinajstić information content (AvgIpc) is 3.22. The summed E-state index contributed by atoms with van der Waals surface area (Å²) < 4.78 is 16.8. The molecule has 0 rings (SSSR count). The third-order valence-electron chi connectivity index (χ3n) is 12.3. The molecule has 6 nitrogen and oxygen atoms in total. The fourth-order valence-electron chi connectivity index (χ4n) is 7.96. The van der Waals surface area contributed by atoms with Crippen LogP contribution < -0.4 is 0 Å². The van der Waals surface area contributed by atoms with Gasteiger partial charge in [0.15, 0.2) is 6.10 Å². The standard InChI is InChI=1S/C53H102O6/c1-6-8-9-10-11-12-13-14-15-16-17-18-19-20-21-22-28-33-38-43-51(54)57-46-50(59-53(56)45-40-35-30-25-26-31-36-41-48(3)4)47-58-52(55)44-39-34-29-24-23-27-32-37-42-49(5)7-2/h48-50H,6-47H2,1-5H3/t49?,50-/m0/s1. The van der Waals surface area contributed by atoms with E-state index in [4.69, 9.17) is 14.2 Å². The van der Waals surface area contributed by atoms with E-state index in [-0.39, 0.29) is 31.1 Å². The number of esters is 3. The van der Waals surface area contributed by atoms with Crippen molar-refractivity contribution in [2.24, 2.45) is 11.8 Å². The summed E-state index contributed by atoms with van der Waals surface area (Å²) in [5.74, 6) is 0.772. The fourth-order valence-corrected chi connectivity index (χ4v) is 7.96. The van der Waals surface area contributed by atoms with Gasteiger partial charge in [-0.3, -0.25) is 14.4 Å². The van der Waals surface area contributed by atoms with Crippen LogP contribution in [0.5, 0.6) is 0 Å². The monoisotopic (exact) mass is 835 g/mol. The molecule has 6 heteroatoms. The van der Waals surface area contributed by atoms with Gasteiger partial charge in [-0.05, 0) is 31.1 Å². The van der Waals surface area contributed by atoms with Crippen LogP contribution in [-0.4, -0.2) is 37.2 Å². The molecule has 0 radical (unpaired) electrons. The van der Waals surface area contributed by atoms with E-state index in [2.05, 4.69) is 34.6 Å². The molecule has 0 spiro atoms. The summed E-state index contributed by atoms with van der Waals surface area (Å²) in [6.45, 7) is 11.3. The number of unbranched alkanes of at least 4 members (excludes halogenated alkanes) is 31. The Morgan fingerprint density at radius 3 is 0.966 bits per heavy atom. The Balaban J connectivity index is 4.23. The van der Waals surface area contributed by atoms with E-state index in [1.165, 1.54) is 180 Å². The van der Waals surface area contributed by atoms with Crippen LogP contribution in [0.2, 0.25) is 0 Å². The summed E-state index contributed by atoms with van der Waals surface area (Å²) in [6.07, 6.45) is 46.7. The second-order valence-corrected chi connectivity index (χ2v) is 18.9. The van der Waals surface area contributed by atoms with Crippen LogP contribution >= 0.6 is 0 Å². The van der Waals surface area contributed by atoms with Gasteiger partial charge < -0.3 is 14.2 Å². The van der Waals surface area contributed by atoms with Crippen LogP contribution in [0.1, 0.15) is 291 Å². The van der Waals surface area contributed by atoms with Gasteiger partial charge in [0.25, 0.3) is 0 Å². The molecule has 0 aromatic rings. The van der Waals surface area contributed by atoms with Gasteiger partial charge in [0.1, 0.15) is 13.2 Å². The van der Waals surface area contributed by atoms with Gasteiger partial charge in [-0.2, -0.15) is 0 Å². The van der Waals surface area contributed by atoms with Crippen molar-refractivity contribution >= 4 is 17.9 Å². The van der Waals surface area contributed by atoms with Crippen LogP contribution in [0.3, 0.4) is 0 Å². The first-order valence-corrected chi connectivity index (χ1v) is 26.3. The molecule has 0 bridgehead atoms. The summed E-state index contributed by atoms with van der Waals surface area (Å²) in [4.78, 5) is 37.9. The molecule has 1 unspecified atom stereocenters. The molecule has 0 saturated heterocycles. The van der Waals surface area contributed by atoms with Gasteiger partial charge in [0.05, 0.1) is 0 Å². The lowest BCUT2D eigenvalue weighted by Gasteiger charge is -2.18. The van der Waals surface area contributed by atoms with E-state index < -0.39 is 6.10 Å². The highest BCUT2D eigenvalue weighted by Gasteiger charge is 2.19. The molecule has 0 aliphatic carbocycles. The summed E-state index contributed by atoms with van der Waals surface area (Å²) >= 11 is 0. The number of hydrogen-bond donors (Lipinski definition) is 0. The lowest BCUT2D eigenvalue weighted by Crippen LogP contribution is -2.30. The number of carbonyl (C=O) groups excluding carboxylic acids is 3. The Labute approximate surface area is 368 Å². The van der Waals surface area contributed by atoms with Crippen LogP contribution in [0, 0.1) is 11.8 Å². The highest BCUT2D eigenvalue weighted by molar-refractivity contribution is 5.71. The van der Waals surface area contributed by atoms with Gasteiger partial charge >= 0.3 is 17.9 Å². The van der Waals surface area contributed by atoms with Gasteiger partial charge in [-0.15, -0.1) is 0 Å². The first kappa shape index (κ1) is 57.4. The topological polar surface area (TPSA) is 78.9 Å². The molecule has 0 saturated carbocycles. The van der Waals surface area contributed by atoms with E-state index in [0.29, 0.717) is 19.3 Å². The maximum atomic E-state index is 12.7. The number of carbonyl (C=O) groups is 3. The van der Waals surface area contributed by atoms with E-state index in [9.17, 15) is 14.4 Å². The largest absolute Gasteiger partial charge is 0.462 e. The molecule has 59 heavy (non-hydrogen) atoms. The molecule has 0 fully saturated rings. The fraction of sp³-hybridized carbons (Fsp3) is 0.943. The second-order valence-electron chi connectivity index (χ2n) is 18.9. The van der Waals surface area contributed by atoms with Crippen molar-refractivity contribution in [3.63, 3.8) is 0 Å². The quantitative estimate of drug-likeness (QED) is 0.0345. The molecule has 0 heterocycles. The Kier molecular flexibility index (Phi) is 44.7. The van der Waals surface area contributed by atoms with Crippen LogP contribution in [0.25, 0.3) is 0 Å². The van der Waals surface area contributed by atoms with Crippen molar-refractivity contribution in [3.8, 4) is 0 Å². The Hall–Kier alpha value is -1.59. The van der Waals surface area contributed by atoms with Crippen molar-refractivity contribution in [3.05, 3.63) is 0 Å². The molecular weight excluding hydrogens is 733 g/mol. The lowest BCUT2D eigenvalue weighted by atomic mass is 9.99. The highest BCUT2D eigenvalue weighted by Crippen LogP contribution is 2.18. The zero-order valence-corrected chi connectivity index (χ0v) is 40.4. The highest BCUT2D eigenvalue weighted by atomic mass is 16.6. The van der Waals surface area contributed by atoms with Crippen LogP contribution in [-0.2, 0) is 28.6 Å². The van der Waals surface area contributed by atoms with Crippen molar-refractivity contribution in [1.29, 1.82) is 0 Å². The Bertz CT molecular complexity index is 902. The summed E-state index contributed by atoms with van der Waals surface area (Å²) in [6, 6.07) is 0. The number of hydrogen-bond acceptors (Lipinski definition) is 6.